The van der Waals surface area contributed by atoms with Gasteiger partial charge >= 0.3 is 0 Å². The van der Waals surface area contributed by atoms with E-state index in [0.29, 0.717) is 5.92 Å². The molecule has 3 rings (SSSR count). The molecule has 148 valence electrons. The number of guanidine groups is 1. The van der Waals surface area contributed by atoms with Crippen molar-refractivity contribution in [3.05, 3.63) is 18.0 Å². The van der Waals surface area contributed by atoms with Crippen molar-refractivity contribution in [3.8, 4) is 0 Å². The van der Waals surface area contributed by atoms with E-state index in [-0.39, 0.29) is 24.0 Å². The molecule has 0 spiro atoms. The van der Waals surface area contributed by atoms with Crippen LogP contribution in [0, 0.1) is 5.92 Å². The predicted octanol–water partition coefficient (Wildman–Crippen LogP) is 2.52. The third-order valence-electron chi connectivity index (χ3n) is 5.43. The zero-order chi connectivity index (χ0) is 17.6. The molecule has 2 aliphatic heterocycles. The first-order valence-electron chi connectivity index (χ1n) is 9.93. The summed E-state index contributed by atoms with van der Waals surface area (Å²) in [6, 6.07) is 0. The lowest BCUT2D eigenvalue weighted by atomic mass is 10.0. The number of halogens is 1. The van der Waals surface area contributed by atoms with Crippen LogP contribution in [0.25, 0.3) is 0 Å². The van der Waals surface area contributed by atoms with Crippen LogP contribution in [-0.2, 0) is 7.05 Å². The summed E-state index contributed by atoms with van der Waals surface area (Å²) >= 11 is 0. The van der Waals surface area contributed by atoms with Gasteiger partial charge in [-0.1, -0.05) is 6.92 Å². The molecule has 1 aromatic rings. The summed E-state index contributed by atoms with van der Waals surface area (Å²) in [6.45, 7) is 12.1. The molecule has 0 aromatic carbocycles. The third-order valence-corrected chi connectivity index (χ3v) is 5.43. The van der Waals surface area contributed by atoms with Gasteiger partial charge in [0.05, 0.1) is 6.20 Å². The van der Waals surface area contributed by atoms with E-state index in [1.807, 2.05) is 17.9 Å². The molecule has 0 bridgehead atoms. The summed E-state index contributed by atoms with van der Waals surface area (Å²) in [5.41, 5.74) is 1.35. The lowest BCUT2D eigenvalue weighted by molar-refractivity contribution is 0.326. The number of nitrogens with one attached hydrogen (secondary N) is 1. The first kappa shape index (κ1) is 21.5. The maximum absolute atomic E-state index is 4.99. The predicted molar refractivity (Wildman–Crippen MR) is 118 cm³/mol. The van der Waals surface area contributed by atoms with Gasteiger partial charge in [-0.05, 0) is 50.8 Å². The van der Waals surface area contributed by atoms with Gasteiger partial charge in [0, 0.05) is 51.9 Å². The Morgan fingerprint density at radius 2 is 2.12 bits per heavy atom. The molecular formula is C19H35IN6. The number of aromatic nitrogens is 2. The van der Waals surface area contributed by atoms with Crippen LogP contribution in [0.3, 0.4) is 0 Å². The quantitative estimate of drug-likeness (QED) is 0.391. The average Bonchev–Trinajstić information content (AvgIpc) is 3.32. The molecule has 7 heteroatoms. The van der Waals surface area contributed by atoms with Gasteiger partial charge in [-0.15, -0.1) is 24.0 Å². The number of nitrogens with zero attached hydrogens (tertiary/aromatic N) is 5. The standard InChI is InChI=1S/C19H34N6.HI/c1-4-8-24-9-6-16(13-24)11-21-19(20-5-2)25-10-7-17(15-25)18-12-22-23(3)14-18;/h12,14,16-17H,4-11,13,15H2,1-3H3,(H,20,21);1H. The highest BCUT2D eigenvalue weighted by Crippen LogP contribution is 2.27. The van der Waals surface area contributed by atoms with Crippen LogP contribution < -0.4 is 5.32 Å². The smallest absolute Gasteiger partial charge is 0.193 e. The Morgan fingerprint density at radius 3 is 2.81 bits per heavy atom. The number of aryl methyl sites for hydroxylation is 1. The van der Waals surface area contributed by atoms with Crippen molar-refractivity contribution in [2.75, 3.05) is 45.8 Å². The maximum atomic E-state index is 4.99. The highest BCUT2D eigenvalue weighted by molar-refractivity contribution is 14.0. The Bertz CT molecular complexity index is 572. The van der Waals surface area contributed by atoms with Crippen LogP contribution in [0.1, 0.15) is 44.6 Å². The van der Waals surface area contributed by atoms with E-state index in [0.717, 1.165) is 38.1 Å². The monoisotopic (exact) mass is 474 g/mol. The van der Waals surface area contributed by atoms with Gasteiger partial charge in [-0.3, -0.25) is 9.67 Å². The van der Waals surface area contributed by atoms with Crippen molar-refractivity contribution in [3.63, 3.8) is 0 Å². The van der Waals surface area contributed by atoms with Crippen LogP contribution in [0.15, 0.2) is 17.4 Å². The molecule has 0 amide bonds. The zero-order valence-electron chi connectivity index (χ0n) is 16.5. The van der Waals surface area contributed by atoms with Gasteiger partial charge in [-0.25, -0.2) is 0 Å². The Labute approximate surface area is 175 Å². The van der Waals surface area contributed by atoms with Crippen LogP contribution in [0.4, 0.5) is 0 Å². The molecule has 3 heterocycles. The van der Waals surface area contributed by atoms with E-state index in [4.69, 9.17) is 4.99 Å². The van der Waals surface area contributed by atoms with Crippen LogP contribution in [-0.4, -0.2) is 71.4 Å². The van der Waals surface area contributed by atoms with Crippen molar-refractivity contribution in [1.29, 1.82) is 0 Å². The Hall–Kier alpha value is -0.830. The molecular weight excluding hydrogens is 439 g/mol. The SMILES string of the molecule is CCCN1CCC(CN=C(NCC)N2CCC(c3cnn(C)c3)C2)C1.I. The summed E-state index contributed by atoms with van der Waals surface area (Å²) in [5.74, 6) is 2.39. The van der Waals surface area contributed by atoms with E-state index in [1.165, 1.54) is 44.5 Å². The van der Waals surface area contributed by atoms with Crippen LogP contribution >= 0.6 is 24.0 Å². The van der Waals surface area contributed by atoms with E-state index in [2.05, 4.69) is 40.3 Å². The highest BCUT2D eigenvalue weighted by Gasteiger charge is 2.27. The number of hydrogen-bond donors (Lipinski definition) is 1. The minimum Gasteiger partial charge on any atom is -0.357 e. The topological polar surface area (TPSA) is 48.7 Å². The minimum absolute atomic E-state index is 0. The van der Waals surface area contributed by atoms with Crippen LogP contribution in [0.5, 0.6) is 0 Å². The largest absolute Gasteiger partial charge is 0.357 e. The normalized spacial score (nSPS) is 24.1. The summed E-state index contributed by atoms with van der Waals surface area (Å²) in [4.78, 5) is 10.0. The van der Waals surface area contributed by atoms with Gasteiger partial charge in [0.15, 0.2) is 5.96 Å². The first-order valence-corrected chi connectivity index (χ1v) is 9.93. The van der Waals surface area contributed by atoms with Gasteiger partial charge < -0.3 is 15.1 Å². The Kier molecular flexibility index (Phi) is 8.66. The highest BCUT2D eigenvalue weighted by atomic mass is 127. The van der Waals surface area contributed by atoms with E-state index < -0.39 is 0 Å². The van der Waals surface area contributed by atoms with E-state index in [1.54, 1.807) is 0 Å². The van der Waals surface area contributed by atoms with E-state index >= 15 is 0 Å². The number of hydrogen-bond acceptors (Lipinski definition) is 3. The second-order valence-electron chi connectivity index (χ2n) is 7.53. The summed E-state index contributed by atoms with van der Waals surface area (Å²) in [6.07, 6.45) is 7.89. The molecule has 2 fully saturated rings. The van der Waals surface area contributed by atoms with Crippen molar-refractivity contribution < 1.29 is 0 Å². The molecule has 1 aromatic heterocycles. The lowest BCUT2D eigenvalue weighted by Gasteiger charge is -2.22. The van der Waals surface area contributed by atoms with Crippen molar-refractivity contribution in [2.45, 2.75) is 39.0 Å². The van der Waals surface area contributed by atoms with Gasteiger partial charge in [-0.2, -0.15) is 5.10 Å². The van der Waals surface area contributed by atoms with Crippen molar-refractivity contribution in [1.82, 2.24) is 24.9 Å². The van der Waals surface area contributed by atoms with Gasteiger partial charge in [0.25, 0.3) is 0 Å². The maximum Gasteiger partial charge on any atom is 0.193 e. The minimum atomic E-state index is 0. The molecule has 0 aliphatic carbocycles. The summed E-state index contributed by atoms with van der Waals surface area (Å²) < 4.78 is 1.90. The fourth-order valence-corrected chi connectivity index (χ4v) is 4.10. The number of rotatable bonds is 6. The molecule has 1 N–H and O–H groups in total. The molecule has 6 nitrogen and oxygen atoms in total. The lowest BCUT2D eigenvalue weighted by Crippen LogP contribution is -2.40. The van der Waals surface area contributed by atoms with Crippen molar-refractivity contribution in [2.24, 2.45) is 18.0 Å². The van der Waals surface area contributed by atoms with Crippen molar-refractivity contribution >= 4 is 29.9 Å². The Balaban J connectivity index is 0.00000243. The molecule has 26 heavy (non-hydrogen) atoms. The molecule has 2 atom stereocenters. The van der Waals surface area contributed by atoms with Gasteiger partial charge in [0.2, 0.25) is 0 Å². The van der Waals surface area contributed by atoms with Gasteiger partial charge in [0.1, 0.15) is 0 Å². The molecule has 2 unspecified atom stereocenters. The first-order chi connectivity index (χ1) is 12.2. The summed E-state index contributed by atoms with van der Waals surface area (Å²) in [5, 5.41) is 7.83. The fraction of sp³-hybridized carbons (Fsp3) is 0.789. The van der Waals surface area contributed by atoms with E-state index in [9.17, 15) is 0 Å². The Morgan fingerprint density at radius 1 is 1.27 bits per heavy atom. The summed E-state index contributed by atoms with van der Waals surface area (Å²) in [7, 11) is 1.99. The average molecular weight is 474 g/mol. The third kappa shape index (κ3) is 5.58. The number of likely N-dealkylation sites (tertiary alicyclic amines) is 2. The fourth-order valence-electron chi connectivity index (χ4n) is 4.10. The molecule has 2 aliphatic rings. The molecule has 2 saturated heterocycles. The van der Waals surface area contributed by atoms with Crippen LogP contribution in [0.2, 0.25) is 0 Å². The molecule has 0 saturated carbocycles. The number of aliphatic imine (C=N–C) groups is 1. The zero-order valence-corrected chi connectivity index (χ0v) is 18.9. The second kappa shape index (κ2) is 10.5. The second-order valence-corrected chi connectivity index (χ2v) is 7.53. The molecule has 0 radical (unpaired) electrons.